The number of aromatic nitrogens is 1. The highest BCUT2D eigenvalue weighted by Crippen LogP contribution is 2.29. The molecule has 170 valence electrons. The van der Waals surface area contributed by atoms with Crippen LogP contribution in [0.3, 0.4) is 0 Å². The first-order valence-corrected chi connectivity index (χ1v) is 11.4. The van der Waals surface area contributed by atoms with Gasteiger partial charge in [0.05, 0.1) is 17.3 Å². The average Bonchev–Trinajstić information content (AvgIpc) is 3.19. The molecule has 1 aliphatic rings. The molecule has 1 amide bonds. The first kappa shape index (κ1) is 22.9. The van der Waals surface area contributed by atoms with E-state index in [4.69, 9.17) is 16.7 Å². The SMILES string of the molecule is Cc1ccc(C2=NN(C(=O)CCCC(=O)O)[C@@H](Cc3cc4cccc(C)c4nc3Cl)C2)cc1. The van der Waals surface area contributed by atoms with Gasteiger partial charge in [0.15, 0.2) is 0 Å². The Morgan fingerprint density at radius 1 is 1.12 bits per heavy atom. The molecular weight excluding hydrogens is 438 g/mol. The number of carbonyl (C=O) groups excluding carboxylic acids is 1. The van der Waals surface area contributed by atoms with Crippen LogP contribution in [-0.2, 0) is 16.0 Å². The first-order valence-electron chi connectivity index (χ1n) is 11.0. The Kier molecular flexibility index (Phi) is 6.75. The van der Waals surface area contributed by atoms with E-state index >= 15 is 0 Å². The lowest BCUT2D eigenvalue weighted by Crippen LogP contribution is -2.34. The van der Waals surface area contributed by atoms with Crippen LogP contribution >= 0.6 is 11.6 Å². The van der Waals surface area contributed by atoms with Gasteiger partial charge in [-0.15, -0.1) is 0 Å². The molecule has 2 heterocycles. The molecule has 1 atom stereocenters. The number of aryl methyl sites for hydroxylation is 2. The van der Waals surface area contributed by atoms with Gasteiger partial charge in [0.25, 0.3) is 0 Å². The number of rotatable bonds is 7. The van der Waals surface area contributed by atoms with E-state index in [-0.39, 0.29) is 31.2 Å². The number of carbonyl (C=O) groups is 2. The molecule has 0 spiro atoms. The highest BCUT2D eigenvalue weighted by molar-refractivity contribution is 6.30. The maximum atomic E-state index is 13.0. The lowest BCUT2D eigenvalue weighted by atomic mass is 9.97. The van der Waals surface area contributed by atoms with Gasteiger partial charge in [-0.2, -0.15) is 5.10 Å². The van der Waals surface area contributed by atoms with Crippen LogP contribution in [0.15, 0.2) is 53.6 Å². The van der Waals surface area contributed by atoms with E-state index in [0.29, 0.717) is 18.0 Å². The van der Waals surface area contributed by atoms with Crippen molar-refractivity contribution in [2.75, 3.05) is 0 Å². The van der Waals surface area contributed by atoms with Crippen molar-refractivity contribution in [3.63, 3.8) is 0 Å². The Hall–Kier alpha value is -3.25. The van der Waals surface area contributed by atoms with E-state index in [1.807, 2.05) is 62.4 Å². The summed E-state index contributed by atoms with van der Waals surface area (Å²) in [5.41, 5.74) is 5.76. The zero-order valence-corrected chi connectivity index (χ0v) is 19.5. The van der Waals surface area contributed by atoms with Gasteiger partial charge in [0, 0.05) is 24.6 Å². The molecule has 0 radical (unpaired) electrons. The standard InChI is InChI=1S/C26H26ClN3O3/c1-16-9-11-18(12-10-16)22-15-21(30(29-22)23(31)7-4-8-24(32)33)14-20-13-19-6-3-5-17(2)25(19)28-26(20)27/h3,5-6,9-13,21H,4,7-8,14-15H2,1-2H3,(H,32,33)/t21-/m0/s1. The minimum absolute atomic E-state index is 0.0431. The maximum Gasteiger partial charge on any atom is 0.303 e. The molecule has 1 aromatic heterocycles. The molecule has 0 saturated carbocycles. The van der Waals surface area contributed by atoms with E-state index in [1.165, 1.54) is 5.01 Å². The number of benzene rings is 2. The Balaban J connectivity index is 1.61. The van der Waals surface area contributed by atoms with E-state index < -0.39 is 5.97 Å². The summed E-state index contributed by atoms with van der Waals surface area (Å²) in [6.07, 6.45) is 1.48. The van der Waals surface area contributed by atoms with Crippen molar-refractivity contribution in [2.45, 2.75) is 52.0 Å². The number of hydrogen-bond donors (Lipinski definition) is 1. The zero-order chi connectivity index (χ0) is 23.5. The van der Waals surface area contributed by atoms with Gasteiger partial charge in [0.2, 0.25) is 5.91 Å². The molecule has 4 rings (SSSR count). The molecule has 0 bridgehead atoms. The molecule has 0 saturated heterocycles. The number of amides is 1. The van der Waals surface area contributed by atoms with Gasteiger partial charge in [-0.3, -0.25) is 9.59 Å². The fraction of sp³-hybridized carbons (Fsp3) is 0.308. The average molecular weight is 464 g/mol. The van der Waals surface area contributed by atoms with Crippen molar-refractivity contribution in [2.24, 2.45) is 5.10 Å². The fourth-order valence-electron chi connectivity index (χ4n) is 4.17. The molecule has 0 aliphatic carbocycles. The van der Waals surface area contributed by atoms with Crippen LogP contribution in [0.5, 0.6) is 0 Å². The van der Waals surface area contributed by atoms with Crippen LogP contribution in [0.2, 0.25) is 5.15 Å². The molecule has 0 fully saturated rings. The number of hydrazone groups is 1. The quantitative estimate of drug-likeness (QED) is 0.481. The molecule has 1 N–H and O–H groups in total. The van der Waals surface area contributed by atoms with Crippen LogP contribution in [0, 0.1) is 13.8 Å². The van der Waals surface area contributed by atoms with Gasteiger partial charge < -0.3 is 5.11 Å². The summed E-state index contributed by atoms with van der Waals surface area (Å²) in [7, 11) is 0. The number of para-hydroxylation sites is 1. The Morgan fingerprint density at radius 3 is 2.61 bits per heavy atom. The maximum absolute atomic E-state index is 13.0. The molecule has 3 aromatic rings. The topological polar surface area (TPSA) is 82.9 Å². The smallest absolute Gasteiger partial charge is 0.303 e. The van der Waals surface area contributed by atoms with Crippen molar-refractivity contribution in [3.8, 4) is 0 Å². The number of pyridine rings is 1. The van der Waals surface area contributed by atoms with Crippen LogP contribution in [-0.4, -0.2) is 38.7 Å². The first-order chi connectivity index (χ1) is 15.8. The van der Waals surface area contributed by atoms with E-state index in [9.17, 15) is 9.59 Å². The Morgan fingerprint density at radius 2 is 1.88 bits per heavy atom. The monoisotopic (exact) mass is 463 g/mol. The van der Waals surface area contributed by atoms with Crippen molar-refractivity contribution < 1.29 is 14.7 Å². The lowest BCUT2D eigenvalue weighted by Gasteiger charge is -2.22. The van der Waals surface area contributed by atoms with Crippen LogP contribution < -0.4 is 0 Å². The molecule has 0 unspecified atom stereocenters. The predicted octanol–water partition coefficient (Wildman–Crippen LogP) is 5.31. The summed E-state index contributed by atoms with van der Waals surface area (Å²) in [5, 5.41) is 16.5. The third-order valence-corrected chi connectivity index (χ3v) is 6.28. The van der Waals surface area contributed by atoms with E-state index in [1.54, 1.807) is 0 Å². The van der Waals surface area contributed by atoms with Gasteiger partial charge >= 0.3 is 5.97 Å². The van der Waals surface area contributed by atoms with Crippen molar-refractivity contribution >= 4 is 40.1 Å². The number of hydrogen-bond acceptors (Lipinski definition) is 4. The predicted molar refractivity (Wildman–Crippen MR) is 130 cm³/mol. The summed E-state index contributed by atoms with van der Waals surface area (Å²) >= 11 is 6.55. The summed E-state index contributed by atoms with van der Waals surface area (Å²) in [4.78, 5) is 28.4. The second kappa shape index (κ2) is 9.71. The number of halogens is 1. The summed E-state index contributed by atoms with van der Waals surface area (Å²) in [5.74, 6) is -1.09. The molecule has 6 nitrogen and oxygen atoms in total. The molecule has 1 aliphatic heterocycles. The lowest BCUT2D eigenvalue weighted by molar-refractivity contribution is -0.137. The Bertz CT molecular complexity index is 1240. The van der Waals surface area contributed by atoms with E-state index in [2.05, 4.69) is 10.1 Å². The molecule has 33 heavy (non-hydrogen) atoms. The van der Waals surface area contributed by atoms with Gasteiger partial charge in [-0.05, 0) is 49.4 Å². The minimum atomic E-state index is -0.908. The highest BCUT2D eigenvalue weighted by atomic mass is 35.5. The van der Waals surface area contributed by atoms with Gasteiger partial charge in [-0.25, -0.2) is 9.99 Å². The number of fused-ring (bicyclic) bond motifs is 1. The van der Waals surface area contributed by atoms with Crippen molar-refractivity contribution in [1.82, 2.24) is 9.99 Å². The number of carboxylic acids is 1. The van der Waals surface area contributed by atoms with Crippen LogP contribution in [0.25, 0.3) is 10.9 Å². The summed E-state index contributed by atoms with van der Waals surface area (Å²) in [6, 6.07) is 15.9. The number of nitrogens with zero attached hydrogens (tertiary/aromatic N) is 3. The van der Waals surface area contributed by atoms with Gasteiger partial charge in [-0.1, -0.05) is 59.6 Å². The third kappa shape index (κ3) is 5.22. The summed E-state index contributed by atoms with van der Waals surface area (Å²) < 4.78 is 0. The number of aliphatic carboxylic acids is 1. The second-order valence-electron chi connectivity index (χ2n) is 8.55. The fourth-order valence-corrected chi connectivity index (χ4v) is 4.39. The van der Waals surface area contributed by atoms with Gasteiger partial charge in [0.1, 0.15) is 5.15 Å². The Labute approximate surface area is 197 Å². The van der Waals surface area contributed by atoms with Crippen LogP contribution in [0.4, 0.5) is 0 Å². The largest absolute Gasteiger partial charge is 0.481 e. The van der Waals surface area contributed by atoms with Crippen LogP contribution in [0.1, 0.15) is 47.9 Å². The van der Waals surface area contributed by atoms with Crippen molar-refractivity contribution in [3.05, 3.63) is 75.9 Å². The van der Waals surface area contributed by atoms with E-state index in [0.717, 1.165) is 38.9 Å². The third-order valence-electron chi connectivity index (χ3n) is 5.95. The highest BCUT2D eigenvalue weighted by Gasteiger charge is 2.32. The van der Waals surface area contributed by atoms with Crippen molar-refractivity contribution in [1.29, 1.82) is 0 Å². The summed E-state index contributed by atoms with van der Waals surface area (Å²) in [6.45, 7) is 4.03. The normalized spacial score (nSPS) is 15.7. The molecule has 2 aromatic carbocycles. The minimum Gasteiger partial charge on any atom is -0.481 e. The molecule has 7 heteroatoms. The molecular formula is C26H26ClN3O3. The zero-order valence-electron chi connectivity index (χ0n) is 18.7. The number of carboxylic acid groups (broad SMARTS) is 1. The second-order valence-corrected chi connectivity index (χ2v) is 8.90.